The standard InChI is InChI=1S/C64H110O6/c1-4-7-10-13-16-18-20-22-24-26-28-29-30-31-32-33-34-35-36-38-39-41-43-45-48-51-54-57-63(66)69-60-61(59-68-62(65)56-53-50-47-15-12-9-6-3)70-64(67)58-55-52-49-46-44-42-40-37-27-25-23-21-19-17-14-11-8-5-2/h7,10,16,18-19,21-22,24-25,27-29,31-32,61H,4-6,8-9,11-15,17,20,23,26,30,33-60H2,1-3H3/b10-7-,18-16-,21-19-,24-22-,27-25-,29-28-,32-31-. The summed E-state index contributed by atoms with van der Waals surface area (Å²) in [5, 5.41) is 0. The summed E-state index contributed by atoms with van der Waals surface area (Å²) < 4.78 is 16.8. The molecule has 0 aromatic rings. The van der Waals surface area contributed by atoms with Crippen LogP contribution in [0.15, 0.2) is 85.1 Å². The molecule has 402 valence electrons. The second-order valence-electron chi connectivity index (χ2n) is 19.5. The Morgan fingerprint density at radius 3 is 0.886 bits per heavy atom. The molecule has 0 bridgehead atoms. The molecule has 0 aromatic carbocycles. The van der Waals surface area contributed by atoms with E-state index in [-0.39, 0.29) is 31.1 Å². The lowest BCUT2D eigenvalue weighted by Crippen LogP contribution is -2.30. The molecule has 6 nitrogen and oxygen atoms in total. The van der Waals surface area contributed by atoms with Crippen molar-refractivity contribution < 1.29 is 28.6 Å². The van der Waals surface area contributed by atoms with E-state index in [4.69, 9.17) is 14.2 Å². The normalized spacial score (nSPS) is 12.7. The number of unbranched alkanes of at least 4 members (excludes halogenated alkanes) is 28. The van der Waals surface area contributed by atoms with Gasteiger partial charge in [0.15, 0.2) is 6.10 Å². The van der Waals surface area contributed by atoms with Crippen LogP contribution in [0.2, 0.25) is 0 Å². The van der Waals surface area contributed by atoms with E-state index in [9.17, 15) is 14.4 Å². The molecule has 0 heterocycles. The van der Waals surface area contributed by atoms with Gasteiger partial charge in [0, 0.05) is 19.3 Å². The maximum absolute atomic E-state index is 12.8. The summed E-state index contributed by atoms with van der Waals surface area (Å²) in [4.78, 5) is 38.0. The molecule has 0 saturated heterocycles. The van der Waals surface area contributed by atoms with Gasteiger partial charge in [0.25, 0.3) is 0 Å². The molecular weight excluding hydrogens is 865 g/mol. The number of ether oxygens (including phenoxy) is 3. The van der Waals surface area contributed by atoms with Crippen LogP contribution < -0.4 is 0 Å². The lowest BCUT2D eigenvalue weighted by atomic mass is 10.0. The average Bonchev–Trinajstić information content (AvgIpc) is 3.36. The van der Waals surface area contributed by atoms with Gasteiger partial charge in [0.1, 0.15) is 13.2 Å². The molecule has 0 saturated carbocycles. The quantitative estimate of drug-likeness (QED) is 0.0261. The second kappa shape index (κ2) is 58.2. The minimum absolute atomic E-state index is 0.0789. The van der Waals surface area contributed by atoms with Crippen molar-refractivity contribution in [2.75, 3.05) is 13.2 Å². The molecule has 0 amide bonds. The van der Waals surface area contributed by atoms with Gasteiger partial charge >= 0.3 is 17.9 Å². The Labute approximate surface area is 433 Å². The number of allylic oxidation sites excluding steroid dienone is 14. The van der Waals surface area contributed by atoms with Gasteiger partial charge in [-0.25, -0.2) is 0 Å². The van der Waals surface area contributed by atoms with Gasteiger partial charge in [-0.1, -0.05) is 254 Å². The Hall–Kier alpha value is -3.41. The molecule has 0 N–H and O–H groups in total. The van der Waals surface area contributed by atoms with Gasteiger partial charge < -0.3 is 14.2 Å². The highest BCUT2D eigenvalue weighted by molar-refractivity contribution is 5.71. The molecule has 0 radical (unpaired) electrons. The molecule has 0 aliphatic rings. The fraction of sp³-hybridized carbons (Fsp3) is 0.734. The third-order valence-electron chi connectivity index (χ3n) is 12.6. The molecule has 1 unspecified atom stereocenters. The molecule has 0 aromatic heterocycles. The van der Waals surface area contributed by atoms with Crippen molar-refractivity contribution in [3.8, 4) is 0 Å². The molecule has 0 rings (SSSR count). The minimum Gasteiger partial charge on any atom is -0.462 e. The fourth-order valence-electron chi connectivity index (χ4n) is 8.21. The zero-order valence-corrected chi connectivity index (χ0v) is 46.0. The van der Waals surface area contributed by atoms with E-state index in [0.717, 1.165) is 103 Å². The summed E-state index contributed by atoms with van der Waals surface area (Å²) in [5.41, 5.74) is 0. The first-order valence-corrected chi connectivity index (χ1v) is 29.6. The van der Waals surface area contributed by atoms with Gasteiger partial charge in [-0.2, -0.15) is 0 Å². The Morgan fingerprint density at radius 2 is 0.557 bits per heavy atom. The summed E-state index contributed by atoms with van der Waals surface area (Å²) in [7, 11) is 0. The van der Waals surface area contributed by atoms with Gasteiger partial charge in [-0.15, -0.1) is 0 Å². The van der Waals surface area contributed by atoms with E-state index in [1.165, 1.54) is 141 Å². The number of carbonyl (C=O) groups is 3. The zero-order valence-electron chi connectivity index (χ0n) is 46.0. The predicted octanol–water partition coefficient (Wildman–Crippen LogP) is 19.9. The molecule has 0 aliphatic carbocycles. The van der Waals surface area contributed by atoms with Crippen molar-refractivity contribution in [2.24, 2.45) is 0 Å². The maximum Gasteiger partial charge on any atom is 0.306 e. The molecule has 0 spiro atoms. The van der Waals surface area contributed by atoms with Crippen LogP contribution in [-0.2, 0) is 28.6 Å². The van der Waals surface area contributed by atoms with E-state index in [1.807, 2.05) is 0 Å². The summed E-state index contributed by atoms with van der Waals surface area (Å²) in [6.45, 7) is 6.47. The molecule has 0 fully saturated rings. The van der Waals surface area contributed by atoms with E-state index in [0.29, 0.717) is 19.3 Å². The fourth-order valence-corrected chi connectivity index (χ4v) is 8.21. The smallest absolute Gasteiger partial charge is 0.306 e. The summed E-state index contributed by atoms with van der Waals surface area (Å²) in [5.74, 6) is -0.890. The van der Waals surface area contributed by atoms with Crippen LogP contribution >= 0.6 is 0 Å². The van der Waals surface area contributed by atoms with Crippen molar-refractivity contribution in [1.82, 2.24) is 0 Å². The van der Waals surface area contributed by atoms with E-state index in [1.54, 1.807) is 0 Å². The highest BCUT2D eigenvalue weighted by Gasteiger charge is 2.19. The number of esters is 3. The van der Waals surface area contributed by atoms with Gasteiger partial charge in [-0.05, 0) is 96.3 Å². The lowest BCUT2D eigenvalue weighted by molar-refractivity contribution is -0.167. The van der Waals surface area contributed by atoms with Gasteiger partial charge in [0.2, 0.25) is 0 Å². The van der Waals surface area contributed by atoms with E-state index >= 15 is 0 Å². The van der Waals surface area contributed by atoms with Crippen LogP contribution in [0.4, 0.5) is 0 Å². The van der Waals surface area contributed by atoms with E-state index in [2.05, 4.69) is 106 Å². The first-order valence-electron chi connectivity index (χ1n) is 29.6. The molecule has 6 heteroatoms. The Bertz CT molecular complexity index is 1350. The monoisotopic (exact) mass is 975 g/mol. The second-order valence-corrected chi connectivity index (χ2v) is 19.5. The summed E-state index contributed by atoms with van der Waals surface area (Å²) >= 11 is 0. The number of hydrogen-bond donors (Lipinski definition) is 0. The Morgan fingerprint density at radius 1 is 0.300 bits per heavy atom. The first kappa shape index (κ1) is 66.6. The first-order chi connectivity index (χ1) is 34.5. The van der Waals surface area contributed by atoms with Crippen molar-refractivity contribution in [2.45, 2.75) is 290 Å². The molecular formula is C64H110O6. The topological polar surface area (TPSA) is 78.9 Å². The molecule has 0 aliphatic heterocycles. The van der Waals surface area contributed by atoms with Crippen molar-refractivity contribution in [3.63, 3.8) is 0 Å². The van der Waals surface area contributed by atoms with Crippen LogP contribution in [0, 0.1) is 0 Å². The predicted molar refractivity (Wildman–Crippen MR) is 302 cm³/mol. The number of rotatable bonds is 53. The number of carbonyl (C=O) groups excluding carboxylic acids is 3. The highest BCUT2D eigenvalue weighted by Crippen LogP contribution is 2.15. The third kappa shape index (κ3) is 55.5. The van der Waals surface area contributed by atoms with Crippen molar-refractivity contribution >= 4 is 17.9 Å². The van der Waals surface area contributed by atoms with E-state index < -0.39 is 6.10 Å². The number of hydrogen-bond acceptors (Lipinski definition) is 6. The van der Waals surface area contributed by atoms with Gasteiger partial charge in [0.05, 0.1) is 0 Å². The Kier molecular flexibility index (Phi) is 55.3. The van der Waals surface area contributed by atoms with Crippen LogP contribution in [0.25, 0.3) is 0 Å². The van der Waals surface area contributed by atoms with Gasteiger partial charge in [-0.3, -0.25) is 14.4 Å². The summed E-state index contributed by atoms with van der Waals surface area (Å²) in [6, 6.07) is 0. The SMILES string of the molecule is CC/C=C\C/C=C\C/C=C\C/C=C\C/C=C\CCCCCCCCCCCCCC(=O)OCC(COC(=O)CCCCCCCCC)OC(=O)CCCCCCCCC/C=C\C/C=C\CCCCCC. The van der Waals surface area contributed by atoms with Crippen molar-refractivity contribution in [3.05, 3.63) is 85.1 Å². The van der Waals surface area contributed by atoms with Crippen LogP contribution in [0.5, 0.6) is 0 Å². The molecule has 70 heavy (non-hydrogen) atoms. The Balaban J connectivity index is 4.16. The van der Waals surface area contributed by atoms with Crippen LogP contribution in [-0.4, -0.2) is 37.2 Å². The summed E-state index contributed by atoms with van der Waals surface area (Å²) in [6.07, 6.45) is 76.0. The highest BCUT2D eigenvalue weighted by atomic mass is 16.6. The maximum atomic E-state index is 12.8. The average molecular weight is 976 g/mol. The van der Waals surface area contributed by atoms with Crippen LogP contribution in [0.3, 0.4) is 0 Å². The largest absolute Gasteiger partial charge is 0.462 e. The zero-order chi connectivity index (χ0) is 50.7. The lowest BCUT2D eigenvalue weighted by Gasteiger charge is -2.18. The van der Waals surface area contributed by atoms with Crippen molar-refractivity contribution in [1.29, 1.82) is 0 Å². The third-order valence-corrected chi connectivity index (χ3v) is 12.6. The molecule has 1 atom stereocenters. The van der Waals surface area contributed by atoms with Crippen LogP contribution in [0.1, 0.15) is 284 Å². The minimum atomic E-state index is -0.779.